The zero-order valence-corrected chi connectivity index (χ0v) is 14.4. The number of ether oxygens (including phenoxy) is 2. The van der Waals surface area contributed by atoms with Crippen molar-refractivity contribution < 1.29 is 19.0 Å². The molecule has 0 aromatic heterocycles. The molecule has 0 aliphatic carbocycles. The van der Waals surface area contributed by atoms with Crippen molar-refractivity contribution in [1.82, 2.24) is 5.32 Å². The molecule has 134 valence electrons. The standard InChI is InChI=1S/C20H24FNO3/c1-15(22-11-20(12-23)13-24-14-20)17-4-8-19(9-5-17)25-10-16-2-6-18(21)7-3-16/h2-9,15,22-23H,10-14H2,1H3. The Hall–Kier alpha value is -1.95. The quantitative estimate of drug-likeness (QED) is 0.772. The molecule has 1 heterocycles. The van der Waals surface area contributed by atoms with Gasteiger partial charge in [-0.25, -0.2) is 4.39 Å². The normalized spacial score (nSPS) is 16.9. The average Bonchev–Trinajstić information content (AvgIpc) is 2.61. The number of hydrogen-bond acceptors (Lipinski definition) is 4. The highest BCUT2D eigenvalue weighted by atomic mass is 19.1. The minimum Gasteiger partial charge on any atom is -0.489 e. The fourth-order valence-electron chi connectivity index (χ4n) is 2.73. The van der Waals surface area contributed by atoms with Gasteiger partial charge in [0, 0.05) is 12.6 Å². The van der Waals surface area contributed by atoms with Crippen molar-refractivity contribution in [3.63, 3.8) is 0 Å². The largest absolute Gasteiger partial charge is 0.489 e. The van der Waals surface area contributed by atoms with Gasteiger partial charge in [-0.15, -0.1) is 0 Å². The first-order valence-electron chi connectivity index (χ1n) is 8.49. The van der Waals surface area contributed by atoms with E-state index in [1.165, 1.54) is 12.1 Å². The van der Waals surface area contributed by atoms with Gasteiger partial charge in [0.05, 0.1) is 25.2 Å². The molecule has 2 N–H and O–H groups in total. The second kappa shape index (κ2) is 7.95. The Kier molecular flexibility index (Phi) is 5.68. The van der Waals surface area contributed by atoms with Crippen molar-refractivity contribution in [3.8, 4) is 5.75 Å². The van der Waals surface area contributed by atoms with Crippen LogP contribution in [-0.4, -0.2) is 31.5 Å². The molecule has 1 aliphatic heterocycles. The Balaban J connectivity index is 1.50. The van der Waals surface area contributed by atoms with Gasteiger partial charge in [-0.2, -0.15) is 0 Å². The fraction of sp³-hybridized carbons (Fsp3) is 0.400. The lowest BCUT2D eigenvalue weighted by Gasteiger charge is -2.40. The van der Waals surface area contributed by atoms with Crippen LogP contribution in [0.2, 0.25) is 0 Å². The van der Waals surface area contributed by atoms with Crippen LogP contribution in [0, 0.1) is 11.2 Å². The maximum absolute atomic E-state index is 12.9. The van der Waals surface area contributed by atoms with Crippen molar-refractivity contribution in [2.24, 2.45) is 5.41 Å². The van der Waals surface area contributed by atoms with E-state index in [0.717, 1.165) is 23.4 Å². The minimum absolute atomic E-state index is 0.132. The van der Waals surface area contributed by atoms with E-state index in [2.05, 4.69) is 12.2 Å². The predicted molar refractivity (Wildman–Crippen MR) is 93.9 cm³/mol. The van der Waals surface area contributed by atoms with E-state index in [4.69, 9.17) is 9.47 Å². The number of nitrogens with one attached hydrogen (secondary N) is 1. The van der Waals surface area contributed by atoms with Gasteiger partial charge in [-0.3, -0.25) is 0 Å². The maximum Gasteiger partial charge on any atom is 0.123 e. The van der Waals surface area contributed by atoms with Crippen LogP contribution in [-0.2, 0) is 11.3 Å². The van der Waals surface area contributed by atoms with E-state index < -0.39 is 0 Å². The summed E-state index contributed by atoms with van der Waals surface area (Å²) in [4.78, 5) is 0. The molecular formula is C20H24FNO3. The van der Waals surface area contributed by atoms with Gasteiger partial charge >= 0.3 is 0 Å². The average molecular weight is 345 g/mol. The van der Waals surface area contributed by atoms with Crippen LogP contribution < -0.4 is 10.1 Å². The Morgan fingerprint density at radius 2 is 1.84 bits per heavy atom. The van der Waals surface area contributed by atoms with E-state index in [9.17, 15) is 9.50 Å². The number of benzene rings is 2. The van der Waals surface area contributed by atoms with E-state index in [1.807, 2.05) is 24.3 Å². The smallest absolute Gasteiger partial charge is 0.123 e. The summed E-state index contributed by atoms with van der Waals surface area (Å²) in [5.74, 6) is 0.533. The molecule has 1 saturated heterocycles. The summed E-state index contributed by atoms with van der Waals surface area (Å²) in [6.45, 7) is 4.60. The number of aliphatic hydroxyl groups excluding tert-OH is 1. The number of aliphatic hydroxyl groups is 1. The Labute approximate surface area is 147 Å². The summed E-state index contributed by atoms with van der Waals surface area (Å²) in [5, 5.41) is 12.9. The lowest BCUT2D eigenvalue weighted by molar-refractivity contribution is -0.135. The van der Waals surface area contributed by atoms with E-state index in [1.54, 1.807) is 12.1 Å². The van der Waals surface area contributed by atoms with Crippen molar-refractivity contribution >= 4 is 0 Å². The monoisotopic (exact) mass is 345 g/mol. The number of rotatable bonds is 8. The molecule has 0 amide bonds. The molecule has 1 atom stereocenters. The van der Waals surface area contributed by atoms with Gasteiger partial charge in [0.1, 0.15) is 18.2 Å². The summed E-state index contributed by atoms with van der Waals surface area (Å²) in [7, 11) is 0. The van der Waals surface area contributed by atoms with Gasteiger partial charge in [0.25, 0.3) is 0 Å². The zero-order valence-electron chi connectivity index (χ0n) is 14.4. The highest BCUT2D eigenvalue weighted by Gasteiger charge is 2.37. The van der Waals surface area contributed by atoms with Crippen LogP contribution in [0.15, 0.2) is 48.5 Å². The van der Waals surface area contributed by atoms with Crippen LogP contribution in [0.5, 0.6) is 5.75 Å². The van der Waals surface area contributed by atoms with Crippen LogP contribution in [0.3, 0.4) is 0 Å². The maximum atomic E-state index is 12.9. The molecule has 1 aliphatic rings. The highest BCUT2D eigenvalue weighted by molar-refractivity contribution is 5.29. The van der Waals surface area contributed by atoms with Gasteiger partial charge in [-0.1, -0.05) is 24.3 Å². The third-order valence-electron chi connectivity index (χ3n) is 4.63. The van der Waals surface area contributed by atoms with Crippen LogP contribution in [0.4, 0.5) is 4.39 Å². The molecule has 0 spiro atoms. The van der Waals surface area contributed by atoms with Crippen LogP contribution in [0.1, 0.15) is 24.1 Å². The highest BCUT2D eigenvalue weighted by Crippen LogP contribution is 2.27. The van der Waals surface area contributed by atoms with Crippen LogP contribution >= 0.6 is 0 Å². The molecule has 1 unspecified atom stereocenters. The summed E-state index contributed by atoms with van der Waals surface area (Å²) < 4.78 is 23.8. The van der Waals surface area contributed by atoms with Gasteiger partial charge < -0.3 is 19.9 Å². The van der Waals surface area contributed by atoms with E-state index in [0.29, 0.717) is 19.8 Å². The number of hydrogen-bond donors (Lipinski definition) is 2. The molecule has 2 aromatic rings. The molecule has 3 rings (SSSR count). The molecule has 4 nitrogen and oxygen atoms in total. The van der Waals surface area contributed by atoms with Crippen molar-refractivity contribution in [2.45, 2.75) is 19.6 Å². The first kappa shape index (κ1) is 17.9. The molecule has 1 fully saturated rings. The first-order chi connectivity index (χ1) is 12.1. The van der Waals surface area contributed by atoms with Gasteiger partial charge in [0.2, 0.25) is 0 Å². The van der Waals surface area contributed by atoms with Crippen molar-refractivity contribution in [3.05, 3.63) is 65.5 Å². The second-order valence-electron chi connectivity index (χ2n) is 6.74. The summed E-state index contributed by atoms with van der Waals surface area (Å²) in [6, 6.07) is 14.4. The molecule has 5 heteroatoms. The lowest BCUT2D eigenvalue weighted by atomic mass is 9.86. The Morgan fingerprint density at radius 3 is 2.40 bits per heavy atom. The molecule has 0 radical (unpaired) electrons. The Bertz CT molecular complexity index is 663. The Morgan fingerprint density at radius 1 is 1.16 bits per heavy atom. The zero-order chi connectivity index (χ0) is 17.7. The molecule has 25 heavy (non-hydrogen) atoms. The van der Waals surface area contributed by atoms with Crippen molar-refractivity contribution in [1.29, 1.82) is 0 Å². The molecule has 0 bridgehead atoms. The van der Waals surface area contributed by atoms with Crippen LogP contribution in [0.25, 0.3) is 0 Å². The topological polar surface area (TPSA) is 50.7 Å². The summed E-state index contributed by atoms with van der Waals surface area (Å²) in [5.41, 5.74) is 1.95. The lowest BCUT2D eigenvalue weighted by Crippen LogP contribution is -2.52. The van der Waals surface area contributed by atoms with E-state index in [-0.39, 0.29) is 23.9 Å². The third kappa shape index (κ3) is 4.57. The SMILES string of the molecule is CC(NCC1(CO)COC1)c1ccc(OCc2ccc(F)cc2)cc1. The first-order valence-corrected chi connectivity index (χ1v) is 8.49. The summed E-state index contributed by atoms with van der Waals surface area (Å²) in [6.07, 6.45) is 0. The third-order valence-corrected chi connectivity index (χ3v) is 4.63. The summed E-state index contributed by atoms with van der Waals surface area (Å²) >= 11 is 0. The second-order valence-corrected chi connectivity index (χ2v) is 6.74. The molecule has 0 saturated carbocycles. The number of halogens is 1. The van der Waals surface area contributed by atoms with Gasteiger partial charge in [-0.05, 0) is 42.3 Å². The fourth-order valence-corrected chi connectivity index (χ4v) is 2.73. The van der Waals surface area contributed by atoms with E-state index >= 15 is 0 Å². The van der Waals surface area contributed by atoms with Crippen molar-refractivity contribution in [2.75, 3.05) is 26.4 Å². The minimum atomic E-state index is -0.244. The molecular weight excluding hydrogens is 321 g/mol. The predicted octanol–water partition coefficient (Wildman–Crippen LogP) is 3.06. The van der Waals surface area contributed by atoms with Gasteiger partial charge in [0.15, 0.2) is 0 Å². The molecule has 2 aromatic carbocycles.